The number of methoxy groups -OCH3 is 1. The topological polar surface area (TPSA) is 38.7 Å². The highest BCUT2D eigenvalue weighted by molar-refractivity contribution is 5.46. The Balaban J connectivity index is 2.09. The third-order valence-electron chi connectivity index (χ3n) is 5.20. The summed E-state index contributed by atoms with van der Waals surface area (Å²) in [6, 6.07) is 6.31. The smallest absolute Gasteiger partial charge is 0.122 e. The molecule has 3 rings (SSSR count). The van der Waals surface area contributed by atoms with E-state index in [-0.39, 0.29) is 17.4 Å². The molecule has 1 aromatic rings. The summed E-state index contributed by atoms with van der Waals surface area (Å²) in [4.78, 5) is 0. The number of hydrogen-bond donors (Lipinski definition) is 1. The van der Waals surface area contributed by atoms with Gasteiger partial charge in [0.2, 0.25) is 0 Å². The van der Waals surface area contributed by atoms with Gasteiger partial charge < -0.3 is 14.6 Å². The molecule has 3 heteroatoms. The average Bonchev–Trinajstić information content (AvgIpc) is 2.31. The summed E-state index contributed by atoms with van der Waals surface area (Å²) in [6.45, 7) is 3.75. The Kier molecular flexibility index (Phi) is 3.06. The standard InChI is InChI=1S/C16H22O3/c1-12-4-5-14(18-2)13(8-12)16(10-19-11-16)15(9-17)6-3-7-15/h4-5,8,17H,3,6-7,9-11H2,1-2H3. The fourth-order valence-electron chi connectivity index (χ4n) is 3.64. The van der Waals surface area contributed by atoms with Crippen LogP contribution in [0.25, 0.3) is 0 Å². The lowest BCUT2D eigenvalue weighted by Gasteiger charge is -2.59. The molecule has 1 aliphatic carbocycles. The molecular weight excluding hydrogens is 240 g/mol. The molecule has 0 spiro atoms. The molecule has 1 saturated carbocycles. The SMILES string of the molecule is COc1ccc(C)cc1C1(C2(CO)CCC2)COC1. The molecule has 2 fully saturated rings. The first-order chi connectivity index (χ1) is 9.17. The molecule has 1 saturated heterocycles. The number of aliphatic hydroxyl groups excluding tert-OH is 1. The zero-order chi connectivity index (χ0) is 13.5. The van der Waals surface area contributed by atoms with Crippen molar-refractivity contribution in [3.8, 4) is 5.75 Å². The Labute approximate surface area is 114 Å². The maximum Gasteiger partial charge on any atom is 0.122 e. The van der Waals surface area contributed by atoms with Crippen LogP contribution in [0.15, 0.2) is 18.2 Å². The van der Waals surface area contributed by atoms with Crippen LogP contribution in [0.2, 0.25) is 0 Å². The lowest BCUT2D eigenvalue weighted by Crippen LogP contribution is -2.63. The number of rotatable bonds is 4. The normalized spacial score (nSPS) is 23.3. The average molecular weight is 262 g/mol. The number of aryl methyl sites for hydroxylation is 1. The summed E-state index contributed by atoms with van der Waals surface area (Å²) in [6.07, 6.45) is 3.38. The molecule has 3 nitrogen and oxygen atoms in total. The molecule has 19 heavy (non-hydrogen) atoms. The molecule has 0 bridgehead atoms. The third kappa shape index (κ3) is 1.65. The van der Waals surface area contributed by atoms with Gasteiger partial charge >= 0.3 is 0 Å². The quantitative estimate of drug-likeness (QED) is 0.905. The van der Waals surface area contributed by atoms with Crippen LogP contribution in [-0.4, -0.2) is 32.0 Å². The van der Waals surface area contributed by atoms with Crippen molar-refractivity contribution in [1.82, 2.24) is 0 Å². The first-order valence-electron chi connectivity index (χ1n) is 7.01. The van der Waals surface area contributed by atoms with E-state index < -0.39 is 0 Å². The molecule has 0 atom stereocenters. The van der Waals surface area contributed by atoms with E-state index in [1.807, 2.05) is 6.07 Å². The van der Waals surface area contributed by atoms with Crippen LogP contribution >= 0.6 is 0 Å². The highest BCUT2D eigenvalue weighted by Crippen LogP contribution is 2.59. The zero-order valence-corrected chi connectivity index (χ0v) is 11.7. The Bertz CT molecular complexity index is 467. The van der Waals surface area contributed by atoms with E-state index in [9.17, 15) is 5.11 Å². The number of benzene rings is 1. The van der Waals surface area contributed by atoms with E-state index in [2.05, 4.69) is 19.1 Å². The zero-order valence-electron chi connectivity index (χ0n) is 11.7. The maximum atomic E-state index is 9.94. The lowest BCUT2D eigenvalue weighted by atomic mass is 9.50. The minimum absolute atomic E-state index is 0.00762. The maximum absolute atomic E-state index is 9.94. The van der Waals surface area contributed by atoms with E-state index in [4.69, 9.17) is 9.47 Å². The van der Waals surface area contributed by atoms with Gasteiger partial charge in [-0.1, -0.05) is 24.1 Å². The highest BCUT2D eigenvalue weighted by atomic mass is 16.5. The van der Waals surface area contributed by atoms with Crippen molar-refractivity contribution in [3.05, 3.63) is 29.3 Å². The Hall–Kier alpha value is -1.06. The molecule has 0 radical (unpaired) electrons. The first kappa shape index (κ1) is 12.9. The second-order valence-corrected chi connectivity index (χ2v) is 6.07. The van der Waals surface area contributed by atoms with Gasteiger partial charge in [-0.3, -0.25) is 0 Å². The fraction of sp³-hybridized carbons (Fsp3) is 0.625. The van der Waals surface area contributed by atoms with Crippen LogP contribution in [0.1, 0.15) is 30.4 Å². The van der Waals surface area contributed by atoms with E-state index in [1.165, 1.54) is 17.5 Å². The molecule has 1 aromatic carbocycles. The summed E-state index contributed by atoms with van der Waals surface area (Å²) in [5.41, 5.74) is 2.38. The van der Waals surface area contributed by atoms with Gasteiger partial charge in [-0.2, -0.15) is 0 Å². The summed E-state index contributed by atoms with van der Waals surface area (Å²) >= 11 is 0. The minimum Gasteiger partial charge on any atom is -0.496 e. The van der Waals surface area contributed by atoms with Gasteiger partial charge in [0.1, 0.15) is 5.75 Å². The van der Waals surface area contributed by atoms with Crippen molar-refractivity contribution in [2.24, 2.45) is 5.41 Å². The minimum atomic E-state index is -0.0582. The highest BCUT2D eigenvalue weighted by Gasteiger charge is 2.60. The largest absolute Gasteiger partial charge is 0.496 e. The van der Waals surface area contributed by atoms with Crippen molar-refractivity contribution in [2.75, 3.05) is 26.9 Å². The summed E-state index contributed by atoms with van der Waals surface area (Å²) in [5.74, 6) is 0.925. The predicted octanol–water partition coefficient (Wildman–Crippen LogP) is 2.43. The molecule has 1 aliphatic heterocycles. The number of hydrogen-bond acceptors (Lipinski definition) is 3. The molecular formula is C16H22O3. The fourth-order valence-corrected chi connectivity index (χ4v) is 3.64. The van der Waals surface area contributed by atoms with E-state index in [0.29, 0.717) is 13.2 Å². The third-order valence-corrected chi connectivity index (χ3v) is 5.20. The summed E-state index contributed by atoms with van der Waals surface area (Å²) in [5, 5.41) is 9.94. The van der Waals surface area contributed by atoms with Gasteiger partial charge in [-0.25, -0.2) is 0 Å². The van der Waals surface area contributed by atoms with Crippen molar-refractivity contribution in [3.63, 3.8) is 0 Å². The van der Waals surface area contributed by atoms with Gasteiger partial charge in [0, 0.05) is 17.6 Å². The van der Waals surface area contributed by atoms with Gasteiger partial charge in [-0.05, 0) is 25.8 Å². The number of ether oxygens (including phenoxy) is 2. The van der Waals surface area contributed by atoms with Gasteiger partial charge in [-0.15, -0.1) is 0 Å². The molecule has 104 valence electrons. The first-order valence-corrected chi connectivity index (χ1v) is 7.01. The van der Waals surface area contributed by atoms with Crippen molar-refractivity contribution < 1.29 is 14.6 Å². The van der Waals surface area contributed by atoms with Gasteiger partial charge in [0.15, 0.2) is 0 Å². The van der Waals surface area contributed by atoms with E-state index in [0.717, 1.165) is 18.6 Å². The van der Waals surface area contributed by atoms with Crippen LogP contribution in [-0.2, 0) is 10.2 Å². The second-order valence-electron chi connectivity index (χ2n) is 6.07. The Morgan fingerprint density at radius 3 is 2.47 bits per heavy atom. The van der Waals surface area contributed by atoms with Crippen LogP contribution in [0.5, 0.6) is 5.75 Å². The van der Waals surface area contributed by atoms with Gasteiger partial charge in [0.25, 0.3) is 0 Å². The molecule has 2 aliphatic rings. The van der Waals surface area contributed by atoms with Crippen molar-refractivity contribution in [2.45, 2.75) is 31.6 Å². The van der Waals surface area contributed by atoms with Crippen LogP contribution in [0.4, 0.5) is 0 Å². The van der Waals surface area contributed by atoms with E-state index >= 15 is 0 Å². The Morgan fingerprint density at radius 2 is 2.05 bits per heavy atom. The van der Waals surface area contributed by atoms with Crippen LogP contribution < -0.4 is 4.74 Å². The van der Waals surface area contributed by atoms with Crippen molar-refractivity contribution in [1.29, 1.82) is 0 Å². The van der Waals surface area contributed by atoms with Crippen LogP contribution in [0, 0.1) is 12.3 Å². The summed E-state index contributed by atoms with van der Waals surface area (Å²) in [7, 11) is 1.72. The monoisotopic (exact) mass is 262 g/mol. The molecule has 1 N–H and O–H groups in total. The van der Waals surface area contributed by atoms with E-state index in [1.54, 1.807) is 7.11 Å². The Morgan fingerprint density at radius 1 is 1.32 bits per heavy atom. The molecule has 1 heterocycles. The lowest BCUT2D eigenvalue weighted by molar-refractivity contribution is -0.173. The van der Waals surface area contributed by atoms with Crippen molar-refractivity contribution >= 4 is 0 Å². The second kappa shape index (κ2) is 4.50. The summed E-state index contributed by atoms with van der Waals surface area (Å²) < 4.78 is 11.1. The van der Waals surface area contributed by atoms with Crippen LogP contribution in [0.3, 0.4) is 0 Å². The molecule has 0 unspecified atom stereocenters. The number of aliphatic hydroxyl groups is 1. The predicted molar refractivity (Wildman–Crippen MR) is 73.6 cm³/mol. The molecule has 0 aromatic heterocycles. The van der Waals surface area contributed by atoms with Gasteiger partial charge in [0.05, 0.1) is 25.7 Å². The molecule has 0 amide bonds.